The van der Waals surface area contributed by atoms with Gasteiger partial charge in [-0.1, -0.05) is 26.0 Å². The second-order valence-corrected chi connectivity index (χ2v) is 4.70. The number of rotatable bonds is 6. The molecule has 0 saturated heterocycles. The molecule has 0 atom stereocenters. The predicted molar refractivity (Wildman–Crippen MR) is 67.4 cm³/mol. The highest BCUT2D eigenvalue weighted by Gasteiger charge is 2.11. The van der Waals surface area contributed by atoms with E-state index in [1.807, 2.05) is 11.0 Å². The third-order valence-corrected chi connectivity index (χ3v) is 2.32. The zero-order valence-electron chi connectivity index (χ0n) is 10.4. The zero-order valence-corrected chi connectivity index (χ0v) is 10.4. The summed E-state index contributed by atoms with van der Waals surface area (Å²) in [4.78, 5) is 13.0. The van der Waals surface area contributed by atoms with Gasteiger partial charge in [-0.05, 0) is 23.6 Å². The highest BCUT2D eigenvalue weighted by atomic mass is 16.3. The van der Waals surface area contributed by atoms with Crippen LogP contribution in [0.15, 0.2) is 24.3 Å². The highest BCUT2D eigenvalue weighted by Crippen LogP contribution is 2.13. The normalized spacial score (nSPS) is 11.1. The Kier molecular flexibility index (Phi) is 4.97. The van der Waals surface area contributed by atoms with E-state index in [4.69, 9.17) is 5.73 Å². The average Bonchev–Trinajstić information content (AvgIpc) is 2.14. The van der Waals surface area contributed by atoms with Crippen LogP contribution in [-0.4, -0.2) is 29.0 Å². The first-order valence-electron chi connectivity index (χ1n) is 5.76. The first-order chi connectivity index (χ1) is 7.97. The minimum Gasteiger partial charge on any atom is -0.508 e. The van der Waals surface area contributed by atoms with Gasteiger partial charge >= 0.3 is 0 Å². The Morgan fingerprint density at radius 2 is 2.18 bits per heavy atom. The minimum absolute atomic E-state index is 0.242. The van der Waals surface area contributed by atoms with Crippen molar-refractivity contribution in [2.75, 3.05) is 13.1 Å². The summed E-state index contributed by atoms with van der Waals surface area (Å²) in [5.41, 5.74) is 6.20. The summed E-state index contributed by atoms with van der Waals surface area (Å²) in [7, 11) is 0. The van der Waals surface area contributed by atoms with E-state index in [2.05, 4.69) is 13.8 Å². The number of amides is 1. The number of nitrogens with zero attached hydrogens (tertiary/aromatic N) is 1. The lowest BCUT2D eigenvalue weighted by Gasteiger charge is -2.22. The average molecular weight is 236 g/mol. The van der Waals surface area contributed by atoms with Gasteiger partial charge in [0.2, 0.25) is 5.91 Å². The van der Waals surface area contributed by atoms with Crippen molar-refractivity contribution in [3.8, 4) is 5.75 Å². The van der Waals surface area contributed by atoms with Gasteiger partial charge in [0.05, 0.1) is 6.54 Å². The van der Waals surface area contributed by atoms with Gasteiger partial charge in [-0.3, -0.25) is 9.69 Å². The summed E-state index contributed by atoms with van der Waals surface area (Å²) in [6.45, 7) is 5.86. The van der Waals surface area contributed by atoms with Gasteiger partial charge in [0, 0.05) is 13.1 Å². The molecule has 1 aromatic carbocycles. The Balaban J connectivity index is 2.67. The van der Waals surface area contributed by atoms with Crippen LogP contribution in [0.1, 0.15) is 19.4 Å². The fraction of sp³-hybridized carbons (Fsp3) is 0.462. The molecule has 0 heterocycles. The quantitative estimate of drug-likeness (QED) is 0.783. The van der Waals surface area contributed by atoms with Crippen LogP contribution in [0, 0.1) is 5.92 Å². The van der Waals surface area contributed by atoms with Gasteiger partial charge in [-0.25, -0.2) is 0 Å². The lowest BCUT2D eigenvalue weighted by atomic mass is 10.1. The third-order valence-electron chi connectivity index (χ3n) is 2.32. The van der Waals surface area contributed by atoms with Crippen LogP contribution in [0.4, 0.5) is 0 Å². The Morgan fingerprint density at radius 3 is 2.71 bits per heavy atom. The maximum atomic E-state index is 11.0. The molecule has 4 nitrogen and oxygen atoms in total. The summed E-state index contributed by atoms with van der Waals surface area (Å²) in [5, 5.41) is 9.38. The van der Waals surface area contributed by atoms with E-state index < -0.39 is 0 Å². The van der Waals surface area contributed by atoms with Crippen molar-refractivity contribution in [3.05, 3.63) is 29.8 Å². The molecule has 3 N–H and O–H groups in total. The van der Waals surface area contributed by atoms with Crippen molar-refractivity contribution in [1.82, 2.24) is 4.90 Å². The number of phenols is 1. The van der Waals surface area contributed by atoms with Crippen LogP contribution in [0.2, 0.25) is 0 Å². The van der Waals surface area contributed by atoms with Gasteiger partial charge in [0.15, 0.2) is 0 Å². The zero-order chi connectivity index (χ0) is 12.8. The van der Waals surface area contributed by atoms with E-state index in [0.29, 0.717) is 12.5 Å². The summed E-state index contributed by atoms with van der Waals surface area (Å²) in [6, 6.07) is 7.05. The number of primary amides is 1. The highest BCUT2D eigenvalue weighted by molar-refractivity contribution is 5.75. The van der Waals surface area contributed by atoms with Crippen LogP contribution in [-0.2, 0) is 11.3 Å². The van der Waals surface area contributed by atoms with Gasteiger partial charge < -0.3 is 10.8 Å². The molecule has 0 aliphatic heterocycles. The van der Waals surface area contributed by atoms with Crippen molar-refractivity contribution >= 4 is 5.91 Å². The molecule has 94 valence electrons. The largest absolute Gasteiger partial charge is 0.508 e. The molecule has 0 radical (unpaired) electrons. The molecule has 4 heteroatoms. The molecule has 0 unspecified atom stereocenters. The van der Waals surface area contributed by atoms with E-state index in [1.165, 1.54) is 0 Å². The van der Waals surface area contributed by atoms with E-state index in [0.717, 1.165) is 12.1 Å². The SMILES string of the molecule is CC(C)CN(CC(N)=O)Cc1cccc(O)c1. The molecule has 0 aliphatic carbocycles. The molecule has 0 spiro atoms. The molecule has 0 bridgehead atoms. The number of nitrogens with two attached hydrogens (primary N) is 1. The van der Waals surface area contributed by atoms with Crippen molar-refractivity contribution in [3.63, 3.8) is 0 Å². The number of hydrogen-bond acceptors (Lipinski definition) is 3. The van der Waals surface area contributed by atoms with Crippen LogP contribution in [0.3, 0.4) is 0 Å². The smallest absolute Gasteiger partial charge is 0.231 e. The predicted octanol–water partition coefficient (Wildman–Crippen LogP) is 1.34. The Morgan fingerprint density at radius 1 is 1.47 bits per heavy atom. The molecule has 0 aromatic heterocycles. The second-order valence-electron chi connectivity index (χ2n) is 4.70. The molecule has 0 saturated carbocycles. The summed E-state index contributed by atoms with van der Waals surface area (Å²) in [6.07, 6.45) is 0. The number of aromatic hydroxyl groups is 1. The maximum Gasteiger partial charge on any atom is 0.231 e. The standard InChI is InChI=1S/C13H20N2O2/c1-10(2)7-15(9-13(14)17)8-11-4-3-5-12(16)6-11/h3-6,10,16H,7-9H2,1-2H3,(H2,14,17). The molecule has 17 heavy (non-hydrogen) atoms. The number of benzene rings is 1. The van der Waals surface area contributed by atoms with E-state index in [1.54, 1.807) is 18.2 Å². The fourth-order valence-electron chi connectivity index (χ4n) is 1.83. The number of carbonyl (C=O) groups excluding carboxylic acids is 1. The van der Waals surface area contributed by atoms with Crippen molar-refractivity contribution in [2.45, 2.75) is 20.4 Å². The fourth-order valence-corrected chi connectivity index (χ4v) is 1.83. The van der Waals surface area contributed by atoms with Crippen molar-refractivity contribution in [1.29, 1.82) is 0 Å². The van der Waals surface area contributed by atoms with Crippen molar-refractivity contribution in [2.24, 2.45) is 11.7 Å². The van der Waals surface area contributed by atoms with E-state index >= 15 is 0 Å². The van der Waals surface area contributed by atoms with Gasteiger partial charge in [0.1, 0.15) is 5.75 Å². The monoisotopic (exact) mass is 236 g/mol. The third kappa shape index (κ3) is 5.36. The van der Waals surface area contributed by atoms with E-state index in [9.17, 15) is 9.90 Å². The van der Waals surface area contributed by atoms with Crippen LogP contribution >= 0.6 is 0 Å². The second kappa shape index (κ2) is 6.25. The van der Waals surface area contributed by atoms with Crippen molar-refractivity contribution < 1.29 is 9.90 Å². The summed E-state index contributed by atoms with van der Waals surface area (Å²) >= 11 is 0. The molecule has 0 aliphatic rings. The van der Waals surface area contributed by atoms with Gasteiger partial charge in [0.25, 0.3) is 0 Å². The van der Waals surface area contributed by atoms with Crippen LogP contribution in [0.5, 0.6) is 5.75 Å². The number of phenolic OH excluding ortho intramolecular Hbond substituents is 1. The number of hydrogen-bond donors (Lipinski definition) is 2. The molecule has 1 amide bonds. The molecule has 1 rings (SSSR count). The number of carbonyl (C=O) groups is 1. The first-order valence-corrected chi connectivity index (χ1v) is 5.76. The Labute approximate surface area is 102 Å². The molecule has 0 fully saturated rings. The summed E-state index contributed by atoms with van der Waals surface area (Å²) in [5.74, 6) is 0.378. The van der Waals surface area contributed by atoms with Gasteiger partial charge in [-0.2, -0.15) is 0 Å². The topological polar surface area (TPSA) is 66.6 Å². The summed E-state index contributed by atoms with van der Waals surface area (Å²) < 4.78 is 0. The first kappa shape index (κ1) is 13.5. The van der Waals surface area contributed by atoms with E-state index in [-0.39, 0.29) is 18.2 Å². The molecular formula is C13H20N2O2. The van der Waals surface area contributed by atoms with Gasteiger partial charge in [-0.15, -0.1) is 0 Å². The lowest BCUT2D eigenvalue weighted by molar-refractivity contribution is -0.119. The molecular weight excluding hydrogens is 216 g/mol. The Bertz CT molecular complexity index is 377. The van der Waals surface area contributed by atoms with Crippen LogP contribution in [0.25, 0.3) is 0 Å². The minimum atomic E-state index is -0.328. The van der Waals surface area contributed by atoms with Crippen LogP contribution < -0.4 is 5.73 Å². The Hall–Kier alpha value is -1.55. The molecule has 1 aromatic rings. The lowest BCUT2D eigenvalue weighted by Crippen LogP contribution is -2.35. The maximum absolute atomic E-state index is 11.0.